The number of anilines is 3. The monoisotopic (exact) mass is 647 g/mol. The smallest absolute Gasteiger partial charge is 0.0540 e. The lowest BCUT2D eigenvalue weighted by Crippen LogP contribution is -2.11. The summed E-state index contributed by atoms with van der Waals surface area (Å²) >= 11 is 0. The number of hydrogen-bond acceptors (Lipinski definition) is 1. The van der Waals surface area contributed by atoms with E-state index in [-0.39, 0.29) is 0 Å². The fraction of sp³-hybridized carbons (Fsp3) is 0. The molecule has 0 saturated heterocycles. The molecule has 0 bridgehead atoms. The first kappa shape index (κ1) is 29.2. The van der Waals surface area contributed by atoms with Gasteiger partial charge in [0.1, 0.15) is 0 Å². The Morgan fingerprint density at radius 3 is 1.67 bits per heavy atom. The summed E-state index contributed by atoms with van der Waals surface area (Å²) in [6.07, 6.45) is 0. The van der Waals surface area contributed by atoms with Crippen LogP contribution in [0.5, 0.6) is 0 Å². The molecular weight excluding hydrogens is 615 g/mol. The Hall–Kier alpha value is -6.70. The van der Waals surface area contributed by atoms with E-state index in [9.17, 15) is 0 Å². The van der Waals surface area contributed by atoms with Gasteiger partial charge in [0.25, 0.3) is 0 Å². The molecule has 0 heterocycles. The molecule has 0 aliphatic carbocycles. The van der Waals surface area contributed by atoms with Crippen LogP contribution in [0.3, 0.4) is 0 Å². The number of para-hydroxylation sites is 1. The van der Waals surface area contributed by atoms with E-state index in [0.29, 0.717) is 0 Å². The van der Waals surface area contributed by atoms with Gasteiger partial charge in [0, 0.05) is 16.6 Å². The summed E-state index contributed by atoms with van der Waals surface area (Å²) in [4.78, 5) is 2.45. The number of hydrogen-bond donors (Lipinski definition) is 0. The minimum absolute atomic E-state index is 1.11. The van der Waals surface area contributed by atoms with Crippen molar-refractivity contribution in [3.8, 4) is 22.3 Å². The molecule has 0 radical (unpaired) electrons. The van der Waals surface area contributed by atoms with E-state index in [4.69, 9.17) is 0 Å². The summed E-state index contributed by atoms with van der Waals surface area (Å²) in [5.41, 5.74) is 8.18. The molecule has 0 saturated carbocycles. The molecule has 0 atom stereocenters. The predicted octanol–water partition coefficient (Wildman–Crippen LogP) is 14.3. The Bertz CT molecular complexity index is 2900. The van der Waals surface area contributed by atoms with Crippen LogP contribution in [0, 0.1) is 0 Å². The standard InChI is InChI=1S/C50H33N/c1-2-12-36(13-3-1)43-16-8-9-19-47(43)51(42-30-27-35(28-31-42)41-26-21-34-11-4-5-15-40(34)33-41)48-20-10-18-46-45(48)32-29-39-25-24-38-23-22-37-14-6-7-17-44(37)49(38)50(39)46/h1-33H. The molecule has 0 spiro atoms. The van der Waals surface area contributed by atoms with Crippen molar-refractivity contribution >= 4 is 70.9 Å². The maximum absolute atomic E-state index is 2.45. The van der Waals surface area contributed by atoms with E-state index >= 15 is 0 Å². The van der Waals surface area contributed by atoms with Gasteiger partial charge in [-0.05, 0) is 95.5 Å². The minimum Gasteiger partial charge on any atom is -0.309 e. The molecule has 0 aromatic heterocycles. The van der Waals surface area contributed by atoms with Crippen LogP contribution < -0.4 is 4.90 Å². The van der Waals surface area contributed by atoms with Crippen LogP contribution in [0.25, 0.3) is 76.1 Å². The molecule has 1 nitrogen and oxygen atoms in total. The van der Waals surface area contributed by atoms with Gasteiger partial charge in [0.05, 0.1) is 11.4 Å². The zero-order valence-electron chi connectivity index (χ0n) is 28.0. The highest BCUT2D eigenvalue weighted by Gasteiger charge is 2.20. The fourth-order valence-electron chi connectivity index (χ4n) is 7.97. The normalized spacial score (nSPS) is 11.5. The Labute approximate surface area is 297 Å². The highest BCUT2D eigenvalue weighted by molar-refractivity contribution is 6.28. The van der Waals surface area contributed by atoms with Crippen molar-refractivity contribution in [1.82, 2.24) is 0 Å². The number of rotatable bonds is 5. The van der Waals surface area contributed by atoms with Gasteiger partial charge >= 0.3 is 0 Å². The topological polar surface area (TPSA) is 3.24 Å². The third-order valence-electron chi connectivity index (χ3n) is 10.4. The van der Waals surface area contributed by atoms with Crippen molar-refractivity contribution in [2.45, 2.75) is 0 Å². The molecule has 10 aromatic rings. The predicted molar refractivity (Wildman–Crippen MR) is 220 cm³/mol. The van der Waals surface area contributed by atoms with E-state index in [2.05, 4.69) is 205 Å². The summed E-state index contributed by atoms with van der Waals surface area (Å²) in [5, 5.41) is 12.6. The third kappa shape index (κ3) is 4.94. The highest BCUT2D eigenvalue weighted by atomic mass is 15.1. The molecule has 0 aliphatic heterocycles. The fourth-order valence-corrected chi connectivity index (χ4v) is 7.97. The first-order valence-electron chi connectivity index (χ1n) is 17.6. The molecular formula is C50H33N. The quantitative estimate of drug-likeness (QED) is 0.168. The lowest BCUT2D eigenvalue weighted by atomic mass is 9.92. The third-order valence-corrected chi connectivity index (χ3v) is 10.4. The minimum atomic E-state index is 1.11. The van der Waals surface area contributed by atoms with Crippen LogP contribution >= 0.6 is 0 Å². The molecule has 0 unspecified atom stereocenters. The molecule has 0 N–H and O–H groups in total. The molecule has 0 amide bonds. The maximum Gasteiger partial charge on any atom is 0.0540 e. The second-order valence-corrected chi connectivity index (χ2v) is 13.3. The van der Waals surface area contributed by atoms with Gasteiger partial charge in [-0.2, -0.15) is 0 Å². The van der Waals surface area contributed by atoms with Crippen LogP contribution in [0.1, 0.15) is 0 Å². The molecule has 0 aliphatic rings. The first-order valence-corrected chi connectivity index (χ1v) is 17.6. The van der Waals surface area contributed by atoms with Crippen LogP contribution in [0.15, 0.2) is 200 Å². The molecule has 238 valence electrons. The summed E-state index contributed by atoms with van der Waals surface area (Å²) < 4.78 is 0. The van der Waals surface area contributed by atoms with E-state index < -0.39 is 0 Å². The Morgan fingerprint density at radius 1 is 0.275 bits per heavy atom. The molecule has 10 rings (SSSR count). The van der Waals surface area contributed by atoms with Crippen molar-refractivity contribution < 1.29 is 0 Å². The summed E-state index contributed by atoms with van der Waals surface area (Å²) in [5.74, 6) is 0. The second kappa shape index (κ2) is 12.0. The Morgan fingerprint density at radius 2 is 0.843 bits per heavy atom. The summed E-state index contributed by atoms with van der Waals surface area (Å²) in [6, 6.07) is 73.1. The Kier molecular flexibility index (Phi) is 6.89. The van der Waals surface area contributed by atoms with E-state index in [0.717, 1.165) is 17.1 Å². The van der Waals surface area contributed by atoms with Gasteiger partial charge in [0.2, 0.25) is 0 Å². The second-order valence-electron chi connectivity index (χ2n) is 13.3. The lowest BCUT2D eigenvalue weighted by Gasteiger charge is -2.29. The zero-order valence-corrected chi connectivity index (χ0v) is 28.0. The molecule has 10 aromatic carbocycles. The molecule has 51 heavy (non-hydrogen) atoms. The van der Waals surface area contributed by atoms with Gasteiger partial charge in [-0.1, -0.05) is 170 Å². The van der Waals surface area contributed by atoms with Crippen LogP contribution in [-0.4, -0.2) is 0 Å². The van der Waals surface area contributed by atoms with Crippen LogP contribution in [-0.2, 0) is 0 Å². The van der Waals surface area contributed by atoms with Gasteiger partial charge in [-0.25, -0.2) is 0 Å². The SMILES string of the molecule is c1ccc(-c2ccccc2N(c2ccc(-c3ccc4ccccc4c3)cc2)c2cccc3c2ccc2ccc4ccc5ccccc5c4c23)cc1. The van der Waals surface area contributed by atoms with Crippen LogP contribution in [0.4, 0.5) is 17.1 Å². The number of benzene rings is 10. The van der Waals surface area contributed by atoms with Crippen molar-refractivity contribution in [1.29, 1.82) is 0 Å². The summed E-state index contributed by atoms with van der Waals surface area (Å²) in [7, 11) is 0. The Balaban J connectivity index is 1.22. The zero-order chi connectivity index (χ0) is 33.7. The van der Waals surface area contributed by atoms with E-state index in [1.54, 1.807) is 0 Å². The highest BCUT2D eigenvalue weighted by Crippen LogP contribution is 2.46. The number of fused-ring (bicyclic) bond motifs is 8. The first-order chi connectivity index (χ1) is 25.3. The lowest BCUT2D eigenvalue weighted by molar-refractivity contribution is 1.30. The largest absolute Gasteiger partial charge is 0.309 e. The van der Waals surface area contributed by atoms with Gasteiger partial charge in [-0.3, -0.25) is 0 Å². The molecule has 0 fully saturated rings. The van der Waals surface area contributed by atoms with E-state index in [1.165, 1.54) is 76.1 Å². The maximum atomic E-state index is 2.45. The van der Waals surface area contributed by atoms with Crippen molar-refractivity contribution in [2.24, 2.45) is 0 Å². The van der Waals surface area contributed by atoms with Gasteiger partial charge in [0.15, 0.2) is 0 Å². The average molecular weight is 648 g/mol. The number of nitrogens with zero attached hydrogens (tertiary/aromatic N) is 1. The average Bonchev–Trinajstić information content (AvgIpc) is 3.21. The molecule has 1 heteroatoms. The van der Waals surface area contributed by atoms with Crippen molar-refractivity contribution in [2.75, 3.05) is 4.90 Å². The van der Waals surface area contributed by atoms with Crippen molar-refractivity contribution in [3.63, 3.8) is 0 Å². The van der Waals surface area contributed by atoms with Gasteiger partial charge in [-0.15, -0.1) is 0 Å². The van der Waals surface area contributed by atoms with Crippen molar-refractivity contribution in [3.05, 3.63) is 200 Å². The van der Waals surface area contributed by atoms with Gasteiger partial charge < -0.3 is 4.90 Å². The van der Waals surface area contributed by atoms with Crippen LogP contribution in [0.2, 0.25) is 0 Å². The van der Waals surface area contributed by atoms with E-state index in [1.807, 2.05) is 0 Å². The summed E-state index contributed by atoms with van der Waals surface area (Å²) in [6.45, 7) is 0.